The number of fused-ring (bicyclic) bond motifs is 1. The van der Waals surface area contributed by atoms with Crippen molar-refractivity contribution >= 4 is 58.4 Å². The van der Waals surface area contributed by atoms with Crippen molar-refractivity contribution in [1.82, 2.24) is 10.2 Å². The molecule has 2 aromatic carbocycles. The highest BCUT2D eigenvalue weighted by Crippen LogP contribution is 2.28. The number of allylic oxidation sites excluding steroid dienone is 2. The number of carbonyl (C=O) groups excluding carboxylic acids is 3. The zero-order valence-corrected chi connectivity index (χ0v) is 22.3. The Bertz CT molecular complexity index is 1410. The van der Waals surface area contributed by atoms with Crippen molar-refractivity contribution in [2.24, 2.45) is 5.92 Å². The number of nitrogens with one attached hydrogen (secondary N) is 1. The molecule has 0 saturated heterocycles. The maximum atomic E-state index is 13.4. The molecule has 0 spiro atoms. The van der Waals surface area contributed by atoms with Crippen LogP contribution in [-0.4, -0.2) is 71.3 Å². The van der Waals surface area contributed by atoms with E-state index < -0.39 is 29.9 Å². The highest BCUT2D eigenvalue weighted by Gasteiger charge is 2.47. The van der Waals surface area contributed by atoms with Crippen LogP contribution in [0.1, 0.15) is 15.9 Å². The van der Waals surface area contributed by atoms with Crippen molar-refractivity contribution in [3.05, 3.63) is 87.6 Å². The molecule has 2 aliphatic rings. The van der Waals surface area contributed by atoms with Gasteiger partial charge in [0.2, 0.25) is 0 Å². The third kappa shape index (κ3) is 5.20. The fourth-order valence-electron chi connectivity index (χ4n) is 4.30. The quantitative estimate of drug-likeness (QED) is 0.505. The average Bonchev–Trinajstić information content (AvgIpc) is 2.87. The molecule has 1 unspecified atom stereocenters. The molecule has 1 aliphatic carbocycles. The van der Waals surface area contributed by atoms with Gasteiger partial charge < -0.3 is 15.3 Å². The maximum absolute atomic E-state index is 13.4. The Hall–Kier alpha value is -3.95. The third-order valence-corrected chi connectivity index (χ3v) is 7.01. The van der Waals surface area contributed by atoms with Gasteiger partial charge in [-0.3, -0.25) is 4.79 Å². The number of benzene rings is 2. The predicted octanol–water partition coefficient (Wildman–Crippen LogP) is 3.60. The fourth-order valence-corrected chi connectivity index (χ4v) is 4.87. The summed E-state index contributed by atoms with van der Waals surface area (Å²) in [5, 5.41) is 12.4. The van der Waals surface area contributed by atoms with E-state index in [4.69, 9.17) is 23.2 Å². The first kappa shape index (κ1) is 27.1. The number of rotatable bonds is 7. The molecule has 1 heterocycles. The number of imide groups is 1. The number of halogens is 2. The number of nitrogens with zero attached hydrogens (tertiary/aromatic N) is 3. The van der Waals surface area contributed by atoms with Gasteiger partial charge in [0, 0.05) is 26.2 Å². The first-order chi connectivity index (χ1) is 18.0. The summed E-state index contributed by atoms with van der Waals surface area (Å²) in [4.78, 5) is 54.0. The zero-order valence-electron chi connectivity index (χ0n) is 20.8. The lowest BCUT2D eigenvalue weighted by atomic mass is 9.92. The molecule has 2 aromatic rings. The number of aliphatic carboxylic acids is 1. The molecule has 4 rings (SSSR count). The average molecular weight is 556 g/mol. The van der Waals surface area contributed by atoms with Crippen molar-refractivity contribution in [2.45, 2.75) is 12.5 Å². The van der Waals surface area contributed by atoms with Crippen molar-refractivity contribution in [2.75, 3.05) is 26.0 Å². The number of carbonyl (C=O) groups is 4. The standard InChI is InChI=1S/C27H24Cl2N4O5/c1-31(2)17-11-12-22-18(14-17)25(35)33(27(38)32(22)3)16-9-7-15(8-10-16)13-21(26(36)37)30-24(34)23-19(28)5-4-6-20(23)29/h4-12,14,18,21H,13H2,1-3H3,(H-,30,34,36,37)/p+1/t18?,21-/m0/s1. The zero-order chi connectivity index (χ0) is 27.7. The number of hydrogen-bond acceptors (Lipinski definition) is 5. The first-order valence-corrected chi connectivity index (χ1v) is 12.4. The first-order valence-electron chi connectivity index (χ1n) is 11.6. The lowest BCUT2D eigenvalue weighted by Gasteiger charge is -2.27. The second-order valence-electron chi connectivity index (χ2n) is 9.07. The summed E-state index contributed by atoms with van der Waals surface area (Å²) in [6, 6.07) is 9.16. The number of likely N-dealkylation sites (N-methyl/N-ethyl adjacent to an activating group) is 1. The molecule has 2 N–H and O–H groups in total. The van der Waals surface area contributed by atoms with Gasteiger partial charge in [-0.25, -0.2) is 9.59 Å². The summed E-state index contributed by atoms with van der Waals surface area (Å²) in [7, 11) is 5.36. The lowest BCUT2D eigenvalue weighted by Crippen LogP contribution is -2.54. The van der Waals surface area contributed by atoms with Gasteiger partial charge in [-0.15, -0.1) is 4.90 Å². The van der Waals surface area contributed by atoms with E-state index in [1.807, 2.05) is 31.1 Å². The van der Waals surface area contributed by atoms with Crippen molar-refractivity contribution in [1.29, 1.82) is 0 Å². The van der Waals surface area contributed by atoms with Crippen LogP contribution in [0.3, 0.4) is 0 Å². The monoisotopic (exact) mass is 555 g/mol. The summed E-state index contributed by atoms with van der Waals surface area (Å²) in [6.45, 7) is 0. The lowest BCUT2D eigenvalue weighted by molar-refractivity contribution is -0.393. The molecule has 11 heteroatoms. The molecule has 0 saturated carbocycles. The Morgan fingerprint density at radius 3 is 2.29 bits per heavy atom. The molecule has 0 fully saturated rings. The van der Waals surface area contributed by atoms with Gasteiger partial charge >= 0.3 is 17.9 Å². The molecule has 9 nitrogen and oxygen atoms in total. The molecule has 38 heavy (non-hydrogen) atoms. The summed E-state index contributed by atoms with van der Waals surface area (Å²) < 4.78 is 1.44. The molecule has 1 aliphatic heterocycles. The minimum Gasteiger partial charge on any atom is -0.480 e. The second kappa shape index (κ2) is 10.8. The number of urea groups is 1. The van der Waals surface area contributed by atoms with Gasteiger partial charge in [0.05, 0.1) is 22.7 Å². The SMILES string of the molecule is CN(C)C1=CC2C(=O)N(c3ccc(C[C@H](NC(=O)c4c(Cl)cccc4Cl)C(=O)O)cc3)C(=O)[N+](C)=C2C=C1. The Labute approximate surface area is 229 Å². The van der Waals surface area contributed by atoms with Crippen LogP contribution in [0.2, 0.25) is 10.0 Å². The van der Waals surface area contributed by atoms with Gasteiger partial charge in [0.1, 0.15) is 23.4 Å². The summed E-state index contributed by atoms with van der Waals surface area (Å²) in [5.41, 5.74) is 2.35. The number of carboxylic acids is 1. The Morgan fingerprint density at radius 2 is 1.71 bits per heavy atom. The van der Waals surface area contributed by atoms with Crippen LogP contribution in [-0.2, 0) is 16.0 Å². The Balaban J connectivity index is 1.54. The molecular formula is C27H25Cl2N4O5+. The smallest absolute Gasteiger partial charge is 0.480 e. The van der Waals surface area contributed by atoms with E-state index in [0.29, 0.717) is 17.0 Å². The minimum absolute atomic E-state index is 0.0103. The van der Waals surface area contributed by atoms with E-state index in [9.17, 15) is 24.3 Å². The predicted molar refractivity (Wildman–Crippen MR) is 144 cm³/mol. The van der Waals surface area contributed by atoms with Gasteiger partial charge in [-0.1, -0.05) is 41.4 Å². The maximum Gasteiger partial charge on any atom is 0.505 e. The van der Waals surface area contributed by atoms with Crippen LogP contribution in [0.25, 0.3) is 0 Å². The molecule has 4 amide bonds. The largest absolute Gasteiger partial charge is 0.505 e. The second-order valence-corrected chi connectivity index (χ2v) is 9.88. The summed E-state index contributed by atoms with van der Waals surface area (Å²) >= 11 is 12.1. The highest BCUT2D eigenvalue weighted by atomic mass is 35.5. The minimum atomic E-state index is -1.27. The third-order valence-electron chi connectivity index (χ3n) is 6.38. The number of carboxylic acid groups (broad SMARTS) is 1. The molecule has 196 valence electrons. The van der Waals surface area contributed by atoms with Crippen LogP contribution in [0.4, 0.5) is 10.5 Å². The Kier molecular flexibility index (Phi) is 7.71. The van der Waals surface area contributed by atoms with Crippen molar-refractivity contribution in [3.63, 3.8) is 0 Å². The summed E-state index contributed by atoms with van der Waals surface area (Å²) in [6.07, 6.45) is 5.38. The summed E-state index contributed by atoms with van der Waals surface area (Å²) in [5.74, 6) is -2.96. The number of hydrogen-bond donors (Lipinski definition) is 2. The van der Waals surface area contributed by atoms with E-state index in [2.05, 4.69) is 5.32 Å². The van der Waals surface area contributed by atoms with Gasteiger partial charge in [0.15, 0.2) is 0 Å². The molecule has 0 aromatic heterocycles. The molecule has 0 bridgehead atoms. The van der Waals surface area contributed by atoms with Crippen LogP contribution in [0, 0.1) is 5.92 Å². The van der Waals surface area contributed by atoms with Crippen molar-refractivity contribution in [3.8, 4) is 0 Å². The topological polar surface area (TPSA) is 110 Å². The number of amides is 4. The van der Waals surface area contributed by atoms with Crippen LogP contribution < -0.4 is 10.2 Å². The van der Waals surface area contributed by atoms with E-state index >= 15 is 0 Å². The molecule has 2 atom stereocenters. The molecule has 0 radical (unpaired) electrons. The van der Waals surface area contributed by atoms with Gasteiger partial charge in [0.25, 0.3) is 5.91 Å². The van der Waals surface area contributed by atoms with E-state index in [-0.39, 0.29) is 27.9 Å². The van der Waals surface area contributed by atoms with E-state index in [1.165, 1.54) is 16.7 Å². The van der Waals surface area contributed by atoms with Gasteiger partial charge in [-0.2, -0.15) is 9.37 Å². The highest BCUT2D eigenvalue weighted by molar-refractivity contribution is 6.39. The van der Waals surface area contributed by atoms with E-state index in [1.54, 1.807) is 43.5 Å². The Morgan fingerprint density at radius 1 is 1.08 bits per heavy atom. The number of anilines is 1. The fraction of sp³-hybridized carbons (Fsp3) is 0.222. The van der Waals surface area contributed by atoms with Gasteiger partial charge in [-0.05, 0) is 48.1 Å². The van der Waals surface area contributed by atoms with Crippen LogP contribution in [0.5, 0.6) is 0 Å². The van der Waals surface area contributed by atoms with Crippen molar-refractivity contribution < 1.29 is 28.9 Å². The van der Waals surface area contributed by atoms with Crippen LogP contribution >= 0.6 is 23.2 Å². The van der Waals surface area contributed by atoms with Crippen LogP contribution in [0.15, 0.2) is 66.4 Å². The normalized spacial score (nSPS) is 17.7. The molecular weight excluding hydrogens is 531 g/mol. The van der Waals surface area contributed by atoms with E-state index in [0.717, 1.165) is 10.6 Å².